The molecular formula is C10H17N3O4. The van der Waals surface area contributed by atoms with Crippen LogP contribution in [-0.2, 0) is 19.4 Å². The van der Waals surface area contributed by atoms with Gasteiger partial charge in [-0.05, 0) is 12.8 Å². The number of hydrogen-bond donors (Lipinski definition) is 2. The van der Waals surface area contributed by atoms with Crippen molar-refractivity contribution in [2.75, 3.05) is 6.61 Å². The topological polar surface area (TPSA) is 101 Å². The second-order valence-electron chi connectivity index (χ2n) is 3.72. The highest BCUT2D eigenvalue weighted by molar-refractivity contribution is 5.41. The summed E-state index contributed by atoms with van der Waals surface area (Å²) in [6.07, 6.45) is -0.0306. The number of aliphatic hydroxyl groups is 2. The molecule has 7 nitrogen and oxygen atoms in total. The molecule has 0 radical (unpaired) electrons. The summed E-state index contributed by atoms with van der Waals surface area (Å²) >= 11 is 0. The van der Waals surface area contributed by atoms with Crippen LogP contribution in [0.4, 0.5) is 5.69 Å². The lowest BCUT2D eigenvalue weighted by atomic mass is 10.2. The van der Waals surface area contributed by atoms with Crippen molar-refractivity contribution in [3.8, 4) is 0 Å². The van der Waals surface area contributed by atoms with E-state index in [1.165, 1.54) is 4.68 Å². The van der Waals surface area contributed by atoms with Crippen molar-refractivity contribution in [1.29, 1.82) is 0 Å². The monoisotopic (exact) mass is 243 g/mol. The summed E-state index contributed by atoms with van der Waals surface area (Å²) in [4.78, 5) is 10.5. The number of aliphatic hydroxyl groups excluding tert-OH is 2. The van der Waals surface area contributed by atoms with Gasteiger partial charge >= 0.3 is 5.69 Å². The zero-order valence-corrected chi connectivity index (χ0v) is 9.96. The molecule has 1 unspecified atom stereocenters. The molecule has 0 aliphatic carbocycles. The first-order valence-electron chi connectivity index (χ1n) is 5.56. The summed E-state index contributed by atoms with van der Waals surface area (Å²) in [6, 6.07) is 0. The Morgan fingerprint density at radius 2 is 2.12 bits per heavy atom. The Kier molecular flexibility index (Phi) is 4.59. The van der Waals surface area contributed by atoms with Crippen molar-refractivity contribution in [1.82, 2.24) is 9.78 Å². The van der Waals surface area contributed by atoms with Gasteiger partial charge in [0.25, 0.3) is 0 Å². The van der Waals surface area contributed by atoms with Crippen LogP contribution >= 0.6 is 0 Å². The molecule has 1 aromatic heterocycles. The van der Waals surface area contributed by atoms with Crippen LogP contribution in [0.25, 0.3) is 0 Å². The second-order valence-corrected chi connectivity index (χ2v) is 3.72. The molecule has 96 valence electrons. The van der Waals surface area contributed by atoms with Gasteiger partial charge in [0, 0.05) is 0 Å². The second kappa shape index (κ2) is 5.74. The molecule has 0 spiro atoms. The van der Waals surface area contributed by atoms with Crippen molar-refractivity contribution in [3.05, 3.63) is 21.5 Å². The van der Waals surface area contributed by atoms with E-state index in [0.717, 1.165) is 0 Å². The summed E-state index contributed by atoms with van der Waals surface area (Å²) in [5.74, 6) is 0. The molecule has 0 aromatic carbocycles. The van der Waals surface area contributed by atoms with Gasteiger partial charge < -0.3 is 10.2 Å². The van der Waals surface area contributed by atoms with Gasteiger partial charge in [0.05, 0.1) is 24.2 Å². The van der Waals surface area contributed by atoms with Gasteiger partial charge in [0.2, 0.25) is 0 Å². The SMILES string of the molecule is CCc1nn(CC(O)CO)c(CC)c1[N+](=O)[O-]. The molecule has 1 aromatic rings. The van der Waals surface area contributed by atoms with E-state index < -0.39 is 17.6 Å². The molecule has 0 aliphatic rings. The van der Waals surface area contributed by atoms with Gasteiger partial charge in [-0.15, -0.1) is 0 Å². The molecule has 0 saturated carbocycles. The van der Waals surface area contributed by atoms with Gasteiger partial charge in [0.1, 0.15) is 11.4 Å². The van der Waals surface area contributed by atoms with Crippen molar-refractivity contribution >= 4 is 5.69 Å². The van der Waals surface area contributed by atoms with Gasteiger partial charge in [-0.3, -0.25) is 14.8 Å². The van der Waals surface area contributed by atoms with Crippen LogP contribution in [0, 0.1) is 10.1 Å². The Morgan fingerprint density at radius 1 is 1.47 bits per heavy atom. The lowest BCUT2D eigenvalue weighted by molar-refractivity contribution is -0.386. The van der Waals surface area contributed by atoms with Crippen molar-refractivity contribution in [2.45, 2.75) is 39.3 Å². The molecule has 0 aliphatic heterocycles. The third kappa shape index (κ3) is 2.80. The van der Waals surface area contributed by atoms with Gasteiger partial charge in [0.15, 0.2) is 0 Å². The Morgan fingerprint density at radius 3 is 2.53 bits per heavy atom. The van der Waals surface area contributed by atoms with Gasteiger partial charge in [-0.25, -0.2) is 0 Å². The summed E-state index contributed by atoms with van der Waals surface area (Å²) in [7, 11) is 0. The van der Waals surface area contributed by atoms with E-state index in [4.69, 9.17) is 5.11 Å². The first-order valence-corrected chi connectivity index (χ1v) is 5.56. The van der Waals surface area contributed by atoms with E-state index in [9.17, 15) is 15.2 Å². The molecule has 0 bridgehead atoms. The third-order valence-corrected chi connectivity index (χ3v) is 2.55. The average Bonchev–Trinajstić information content (AvgIpc) is 2.66. The van der Waals surface area contributed by atoms with E-state index in [-0.39, 0.29) is 12.2 Å². The Labute approximate surface area is 98.8 Å². The van der Waals surface area contributed by atoms with Crippen LogP contribution in [0.5, 0.6) is 0 Å². The van der Waals surface area contributed by atoms with E-state index in [1.807, 2.05) is 0 Å². The number of nitro groups is 1. The highest BCUT2D eigenvalue weighted by Gasteiger charge is 2.25. The lowest BCUT2D eigenvalue weighted by Gasteiger charge is -2.09. The molecule has 2 N–H and O–H groups in total. The fraction of sp³-hybridized carbons (Fsp3) is 0.700. The largest absolute Gasteiger partial charge is 0.394 e. The summed E-state index contributed by atoms with van der Waals surface area (Å²) < 4.78 is 1.41. The normalized spacial score (nSPS) is 12.7. The maximum absolute atomic E-state index is 11.0. The van der Waals surface area contributed by atoms with E-state index in [1.54, 1.807) is 13.8 Å². The molecule has 0 amide bonds. The minimum Gasteiger partial charge on any atom is -0.394 e. The number of nitrogens with zero attached hydrogens (tertiary/aromatic N) is 3. The quantitative estimate of drug-likeness (QED) is 0.551. The van der Waals surface area contributed by atoms with Crippen LogP contribution in [-0.4, -0.2) is 37.6 Å². The third-order valence-electron chi connectivity index (χ3n) is 2.55. The fourth-order valence-corrected chi connectivity index (χ4v) is 1.75. The number of hydrogen-bond acceptors (Lipinski definition) is 5. The summed E-state index contributed by atoms with van der Waals surface area (Å²) in [6.45, 7) is 3.27. The summed E-state index contributed by atoms with van der Waals surface area (Å²) in [5, 5.41) is 33.2. The smallest absolute Gasteiger partial charge is 0.313 e. The predicted octanol–water partition coefficient (Wildman–Crippen LogP) is 0.269. The molecule has 17 heavy (non-hydrogen) atoms. The predicted molar refractivity (Wildman–Crippen MR) is 60.7 cm³/mol. The van der Waals surface area contributed by atoms with Gasteiger partial charge in [-0.1, -0.05) is 13.8 Å². The molecule has 1 rings (SSSR count). The maximum atomic E-state index is 11.0. The molecule has 1 atom stereocenters. The zero-order valence-electron chi connectivity index (χ0n) is 9.96. The van der Waals surface area contributed by atoms with Crippen molar-refractivity contribution in [3.63, 3.8) is 0 Å². The molecule has 1 heterocycles. The van der Waals surface area contributed by atoms with Gasteiger partial charge in [-0.2, -0.15) is 5.10 Å². The molecule has 7 heteroatoms. The summed E-state index contributed by atoms with van der Waals surface area (Å²) in [5.41, 5.74) is 0.927. The van der Waals surface area contributed by atoms with Crippen molar-refractivity contribution < 1.29 is 15.1 Å². The van der Waals surface area contributed by atoms with Crippen LogP contribution in [0.15, 0.2) is 0 Å². The van der Waals surface area contributed by atoms with Crippen molar-refractivity contribution in [2.24, 2.45) is 0 Å². The lowest BCUT2D eigenvalue weighted by Crippen LogP contribution is -2.22. The Hall–Kier alpha value is -1.47. The highest BCUT2D eigenvalue weighted by Crippen LogP contribution is 2.24. The van der Waals surface area contributed by atoms with E-state index in [2.05, 4.69) is 5.10 Å². The molecule has 0 fully saturated rings. The number of rotatable bonds is 6. The Balaban J connectivity index is 3.17. The van der Waals surface area contributed by atoms with E-state index in [0.29, 0.717) is 24.2 Å². The first kappa shape index (κ1) is 13.6. The fourth-order valence-electron chi connectivity index (χ4n) is 1.75. The van der Waals surface area contributed by atoms with Crippen LogP contribution in [0.3, 0.4) is 0 Å². The maximum Gasteiger partial charge on any atom is 0.313 e. The van der Waals surface area contributed by atoms with Crippen LogP contribution in [0.1, 0.15) is 25.2 Å². The zero-order chi connectivity index (χ0) is 13.0. The highest BCUT2D eigenvalue weighted by atomic mass is 16.6. The van der Waals surface area contributed by atoms with Crippen LogP contribution in [0.2, 0.25) is 0 Å². The number of aromatic nitrogens is 2. The Bertz CT molecular complexity index is 403. The van der Waals surface area contributed by atoms with E-state index >= 15 is 0 Å². The molecular weight excluding hydrogens is 226 g/mol. The first-order chi connectivity index (χ1) is 8.04. The minimum atomic E-state index is -0.954. The minimum absolute atomic E-state index is 0.0279. The average molecular weight is 243 g/mol. The standard InChI is InChI=1S/C10H17N3O4/c1-3-8-10(13(16)17)9(4-2)12(11-8)5-7(15)6-14/h7,14-15H,3-6H2,1-2H3. The molecule has 0 saturated heterocycles. The number of aryl methyl sites for hydroxylation is 1. The van der Waals surface area contributed by atoms with Crippen LogP contribution < -0.4 is 0 Å².